The lowest BCUT2D eigenvalue weighted by atomic mass is 9.50. The molecule has 0 aliphatic heterocycles. The minimum Gasteiger partial charge on any atom is -0.465 e. The summed E-state index contributed by atoms with van der Waals surface area (Å²) in [5.41, 5.74) is 0. The first-order valence-corrected chi connectivity index (χ1v) is 8.47. The molecule has 1 atom stereocenters. The lowest BCUT2D eigenvalue weighted by Crippen LogP contribution is -2.51. The molecule has 1 heterocycles. The molecule has 2 nitrogen and oxygen atoms in total. The first-order valence-electron chi connectivity index (χ1n) is 8.47. The Morgan fingerprint density at radius 1 is 1.10 bits per heavy atom. The topological polar surface area (TPSA) is 25.2 Å². The number of furan rings is 1. The van der Waals surface area contributed by atoms with E-state index in [1.165, 1.54) is 25.7 Å². The monoisotopic (exact) mass is 273 g/mol. The smallest absolute Gasteiger partial charge is 0.117 e. The van der Waals surface area contributed by atoms with Gasteiger partial charge in [-0.3, -0.25) is 0 Å². The van der Waals surface area contributed by atoms with Crippen molar-refractivity contribution in [1.29, 1.82) is 0 Å². The number of hydrogen-bond acceptors (Lipinski definition) is 2. The molecular formula is C18H27NO. The zero-order valence-corrected chi connectivity index (χ0v) is 12.8. The minimum absolute atomic E-state index is 0.635. The van der Waals surface area contributed by atoms with Crippen molar-refractivity contribution < 1.29 is 4.42 Å². The molecule has 0 amide bonds. The van der Waals surface area contributed by atoms with E-state index in [1.807, 2.05) is 6.92 Å². The third-order valence-electron chi connectivity index (χ3n) is 6.27. The zero-order chi connectivity index (χ0) is 13.7. The highest BCUT2D eigenvalue weighted by atomic mass is 16.3. The summed E-state index contributed by atoms with van der Waals surface area (Å²) < 4.78 is 5.68. The Bertz CT molecular complexity index is 450. The van der Waals surface area contributed by atoms with Crippen molar-refractivity contribution in [3.05, 3.63) is 23.7 Å². The summed E-state index contributed by atoms with van der Waals surface area (Å²) >= 11 is 0. The van der Waals surface area contributed by atoms with Crippen molar-refractivity contribution in [1.82, 2.24) is 5.32 Å². The zero-order valence-electron chi connectivity index (χ0n) is 12.8. The number of aryl methyl sites for hydroxylation is 1. The van der Waals surface area contributed by atoms with E-state index >= 15 is 0 Å². The maximum absolute atomic E-state index is 5.68. The molecule has 1 aromatic rings. The summed E-state index contributed by atoms with van der Waals surface area (Å²) in [6, 6.07) is 4.80. The van der Waals surface area contributed by atoms with Crippen LogP contribution in [0.15, 0.2) is 16.5 Å². The van der Waals surface area contributed by atoms with Crippen molar-refractivity contribution in [3.63, 3.8) is 0 Å². The Labute approximate surface area is 122 Å². The number of rotatable bonds is 4. The van der Waals surface area contributed by atoms with Crippen molar-refractivity contribution in [2.24, 2.45) is 29.6 Å². The van der Waals surface area contributed by atoms with Crippen LogP contribution in [-0.2, 0) is 6.54 Å². The van der Waals surface area contributed by atoms with E-state index < -0.39 is 0 Å². The van der Waals surface area contributed by atoms with Crippen LogP contribution in [0.1, 0.15) is 50.5 Å². The Morgan fingerprint density at radius 2 is 1.75 bits per heavy atom. The van der Waals surface area contributed by atoms with E-state index in [0.29, 0.717) is 6.04 Å². The molecule has 2 heteroatoms. The van der Waals surface area contributed by atoms with Crippen LogP contribution in [0.3, 0.4) is 0 Å². The summed E-state index contributed by atoms with van der Waals surface area (Å²) in [6.45, 7) is 5.31. The summed E-state index contributed by atoms with van der Waals surface area (Å²) in [5, 5.41) is 3.75. The molecule has 0 spiro atoms. The van der Waals surface area contributed by atoms with Gasteiger partial charge in [0.1, 0.15) is 11.5 Å². The van der Waals surface area contributed by atoms with Gasteiger partial charge >= 0.3 is 0 Å². The maximum atomic E-state index is 5.68. The summed E-state index contributed by atoms with van der Waals surface area (Å²) in [7, 11) is 0. The third-order valence-corrected chi connectivity index (χ3v) is 6.27. The molecule has 1 aromatic heterocycles. The average Bonchev–Trinajstić information content (AvgIpc) is 2.81. The van der Waals surface area contributed by atoms with Crippen LogP contribution in [0.2, 0.25) is 0 Å². The molecule has 4 saturated carbocycles. The van der Waals surface area contributed by atoms with E-state index in [1.54, 1.807) is 6.42 Å². The van der Waals surface area contributed by atoms with Gasteiger partial charge in [-0.05, 0) is 87.7 Å². The van der Waals surface area contributed by atoms with Gasteiger partial charge in [-0.1, -0.05) is 0 Å². The molecule has 0 saturated heterocycles. The Kier molecular flexibility index (Phi) is 3.17. The van der Waals surface area contributed by atoms with Crippen LogP contribution in [0.5, 0.6) is 0 Å². The van der Waals surface area contributed by atoms with Gasteiger partial charge < -0.3 is 9.73 Å². The number of hydrogen-bond donors (Lipinski definition) is 1. The van der Waals surface area contributed by atoms with Gasteiger partial charge in [0.05, 0.1) is 6.54 Å². The fraction of sp³-hybridized carbons (Fsp3) is 0.778. The summed E-state index contributed by atoms with van der Waals surface area (Å²) in [4.78, 5) is 0. The molecule has 0 radical (unpaired) electrons. The second-order valence-corrected chi connectivity index (χ2v) is 7.69. The van der Waals surface area contributed by atoms with Gasteiger partial charge in [0, 0.05) is 6.04 Å². The maximum Gasteiger partial charge on any atom is 0.117 e. The number of nitrogens with one attached hydrogen (secondary N) is 1. The highest BCUT2D eigenvalue weighted by Gasteiger charge is 2.49. The molecule has 4 aliphatic carbocycles. The molecule has 4 aliphatic rings. The first-order chi connectivity index (χ1) is 9.69. The molecule has 1 unspecified atom stereocenters. The van der Waals surface area contributed by atoms with Crippen LogP contribution in [0, 0.1) is 36.5 Å². The molecule has 20 heavy (non-hydrogen) atoms. The van der Waals surface area contributed by atoms with Crippen molar-refractivity contribution in [2.75, 3.05) is 0 Å². The van der Waals surface area contributed by atoms with Gasteiger partial charge in [-0.25, -0.2) is 0 Å². The third kappa shape index (κ3) is 2.22. The van der Waals surface area contributed by atoms with E-state index in [0.717, 1.165) is 47.7 Å². The summed E-state index contributed by atoms with van der Waals surface area (Å²) in [6.07, 6.45) is 7.62. The highest BCUT2D eigenvalue weighted by Crippen LogP contribution is 2.57. The first kappa shape index (κ1) is 12.9. The molecule has 110 valence electrons. The average molecular weight is 273 g/mol. The van der Waals surface area contributed by atoms with Gasteiger partial charge in [0.2, 0.25) is 0 Å². The lowest BCUT2D eigenvalue weighted by molar-refractivity contribution is -0.0496. The van der Waals surface area contributed by atoms with Gasteiger partial charge in [0.15, 0.2) is 0 Å². The summed E-state index contributed by atoms with van der Waals surface area (Å²) in [5.74, 6) is 7.18. The predicted molar refractivity (Wildman–Crippen MR) is 80.3 cm³/mol. The molecule has 4 bridgehead atoms. The van der Waals surface area contributed by atoms with Gasteiger partial charge in [-0.15, -0.1) is 0 Å². The van der Waals surface area contributed by atoms with Gasteiger partial charge in [-0.2, -0.15) is 0 Å². The van der Waals surface area contributed by atoms with Crippen molar-refractivity contribution in [2.45, 2.75) is 58.5 Å². The fourth-order valence-electron chi connectivity index (χ4n) is 5.76. The SMILES string of the molecule is Cc1ccc(CNC(C)C2C3CC4CC(C3)CC2C4)o1. The quantitative estimate of drug-likeness (QED) is 0.892. The molecule has 5 rings (SSSR count). The lowest BCUT2D eigenvalue weighted by Gasteiger charge is -2.56. The molecular weight excluding hydrogens is 246 g/mol. The van der Waals surface area contributed by atoms with Crippen LogP contribution < -0.4 is 5.32 Å². The Balaban J connectivity index is 1.40. The predicted octanol–water partition coefficient (Wildman–Crippen LogP) is 4.14. The van der Waals surface area contributed by atoms with Crippen molar-refractivity contribution in [3.8, 4) is 0 Å². The van der Waals surface area contributed by atoms with Crippen LogP contribution in [0.4, 0.5) is 0 Å². The second kappa shape index (κ2) is 4.91. The molecule has 1 N–H and O–H groups in total. The van der Waals surface area contributed by atoms with Crippen molar-refractivity contribution >= 4 is 0 Å². The van der Waals surface area contributed by atoms with Gasteiger partial charge in [0.25, 0.3) is 0 Å². The largest absolute Gasteiger partial charge is 0.465 e. The van der Waals surface area contributed by atoms with Crippen LogP contribution in [0.25, 0.3) is 0 Å². The van der Waals surface area contributed by atoms with Crippen LogP contribution >= 0.6 is 0 Å². The van der Waals surface area contributed by atoms with E-state index in [-0.39, 0.29) is 0 Å². The minimum atomic E-state index is 0.635. The standard InChI is InChI=1S/C18H27NO/c1-11-3-4-17(20-11)10-19-12(2)18-15-6-13-5-14(8-15)9-16(18)7-13/h3-4,12-16,18-19H,5-10H2,1-2H3. The van der Waals surface area contributed by atoms with E-state index in [4.69, 9.17) is 4.42 Å². The Morgan fingerprint density at radius 3 is 2.30 bits per heavy atom. The molecule has 0 aromatic carbocycles. The van der Waals surface area contributed by atoms with E-state index in [9.17, 15) is 0 Å². The highest BCUT2D eigenvalue weighted by molar-refractivity contribution is 5.06. The van der Waals surface area contributed by atoms with E-state index in [2.05, 4.69) is 24.4 Å². The van der Waals surface area contributed by atoms with Crippen LogP contribution in [-0.4, -0.2) is 6.04 Å². The normalized spacial score (nSPS) is 40.2. The fourth-order valence-corrected chi connectivity index (χ4v) is 5.76. The molecule has 4 fully saturated rings. The Hall–Kier alpha value is -0.760. The second-order valence-electron chi connectivity index (χ2n) is 7.69.